The first-order chi connectivity index (χ1) is 10.1. The monoisotopic (exact) mass is 294 g/mol. The zero-order chi connectivity index (χ0) is 15.2. The number of likely N-dealkylation sites (tertiary alicyclic amines) is 1. The molecule has 21 heavy (non-hydrogen) atoms. The minimum absolute atomic E-state index is 0.0684. The van der Waals surface area contributed by atoms with Crippen LogP contribution in [0, 0.1) is 5.82 Å². The van der Waals surface area contributed by atoms with Crippen LogP contribution >= 0.6 is 0 Å². The third kappa shape index (κ3) is 4.15. The Morgan fingerprint density at radius 1 is 1.52 bits per heavy atom. The number of nitrogens with zero attached hydrogens (tertiary/aromatic N) is 2. The Morgan fingerprint density at radius 3 is 3.05 bits per heavy atom. The highest BCUT2D eigenvalue weighted by molar-refractivity contribution is 5.98. The van der Waals surface area contributed by atoms with Crippen molar-refractivity contribution < 1.29 is 9.60 Å². The number of hydrogen-bond acceptors (Lipinski definition) is 4. The van der Waals surface area contributed by atoms with Crippen molar-refractivity contribution in [3.05, 3.63) is 35.1 Å². The number of likely N-dealkylation sites (N-methyl/N-ethyl adjacent to an activating group) is 1. The van der Waals surface area contributed by atoms with Gasteiger partial charge in [0.25, 0.3) is 0 Å². The fourth-order valence-electron chi connectivity index (χ4n) is 2.77. The molecule has 0 saturated carbocycles. The third-order valence-electron chi connectivity index (χ3n) is 4.07. The quantitative estimate of drug-likeness (QED) is 0.333. The smallest absolute Gasteiger partial charge is 0.170 e. The van der Waals surface area contributed by atoms with E-state index in [-0.39, 0.29) is 5.84 Å². The van der Waals surface area contributed by atoms with E-state index >= 15 is 0 Å². The van der Waals surface area contributed by atoms with Crippen LogP contribution < -0.4 is 11.1 Å². The van der Waals surface area contributed by atoms with E-state index < -0.39 is 5.82 Å². The molecule has 1 saturated heterocycles. The molecule has 1 aliphatic rings. The van der Waals surface area contributed by atoms with Gasteiger partial charge in [-0.2, -0.15) is 0 Å². The number of rotatable bonds is 5. The van der Waals surface area contributed by atoms with Crippen molar-refractivity contribution in [2.24, 2.45) is 10.9 Å². The number of halogens is 1. The number of piperidine rings is 1. The molecule has 2 rings (SSSR count). The second-order valence-corrected chi connectivity index (χ2v) is 5.55. The Morgan fingerprint density at radius 2 is 2.33 bits per heavy atom. The molecule has 1 aromatic carbocycles. The molecule has 0 radical (unpaired) electrons. The van der Waals surface area contributed by atoms with Gasteiger partial charge in [0, 0.05) is 24.7 Å². The van der Waals surface area contributed by atoms with E-state index in [1.807, 2.05) is 0 Å². The van der Waals surface area contributed by atoms with Gasteiger partial charge in [-0.3, -0.25) is 0 Å². The van der Waals surface area contributed by atoms with E-state index in [4.69, 9.17) is 10.9 Å². The van der Waals surface area contributed by atoms with Gasteiger partial charge in [-0.05, 0) is 44.1 Å². The molecule has 1 atom stereocenters. The first-order valence-corrected chi connectivity index (χ1v) is 7.29. The van der Waals surface area contributed by atoms with Gasteiger partial charge in [-0.15, -0.1) is 0 Å². The van der Waals surface area contributed by atoms with Gasteiger partial charge >= 0.3 is 0 Å². The van der Waals surface area contributed by atoms with Crippen molar-refractivity contribution in [1.29, 1.82) is 0 Å². The van der Waals surface area contributed by atoms with Crippen LogP contribution in [0.5, 0.6) is 0 Å². The Labute approximate surface area is 124 Å². The van der Waals surface area contributed by atoms with Gasteiger partial charge in [0.05, 0.1) is 0 Å². The molecule has 0 spiro atoms. The Balaban J connectivity index is 1.96. The van der Waals surface area contributed by atoms with Gasteiger partial charge in [-0.1, -0.05) is 17.6 Å². The Hall–Kier alpha value is -1.66. The predicted molar refractivity (Wildman–Crippen MR) is 80.9 cm³/mol. The fraction of sp³-hybridized carbons (Fsp3) is 0.533. The molecule has 1 heterocycles. The van der Waals surface area contributed by atoms with E-state index in [2.05, 4.69) is 22.4 Å². The zero-order valence-corrected chi connectivity index (χ0v) is 12.3. The standard InChI is InChI=1S/C15H23FN4O/c1-20-7-3-2-4-13(20)10-18-9-11-5-6-12(16)8-14(11)15(17)19-21/h5-6,8,13,18,21H,2-4,7,9-10H2,1H3,(H2,17,19). The first-order valence-electron chi connectivity index (χ1n) is 7.29. The van der Waals surface area contributed by atoms with Crippen LogP contribution in [0.4, 0.5) is 4.39 Å². The molecule has 116 valence electrons. The van der Waals surface area contributed by atoms with Crippen LogP contribution in [0.25, 0.3) is 0 Å². The number of amidine groups is 1. The molecule has 0 amide bonds. The van der Waals surface area contributed by atoms with Gasteiger partial charge in [0.15, 0.2) is 5.84 Å². The van der Waals surface area contributed by atoms with E-state index in [9.17, 15) is 4.39 Å². The van der Waals surface area contributed by atoms with Crippen LogP contribution in [0.2, 0.25) is 0 Å². The van der Waals surface area contributed by atoms with E-state index in [0.29, 0.717) is 18.2 Å². The second kappa shape index (κ2) is 7.38. The van der Waals surface area contributed by atoms with Gasteiger partial charge in [0.1, 0.15) is 5.82 Å². The topological polar surface area (TPSA) is 73.9 Å². The van der Waals surface area contributed by atoms with E-state index in [1.165, 1.54) is 31.4 Å². The summed E-state index contributed by atoms with van der Waals surface area (Å²) >= 11 is 0. The van der Waals surface area contributed by atoms with Crippen molar-refractivity contribution in [2.75, 3.05) is 20.1 Å². The molecule has 1 fully saturated rings. The minimum atomic E-state index is -0.396. The molecule has 1 unspecified atom stereocenters. The summed E-state index contributed by atoms with van der Waals surface area (Å²) in [5, 5.41) is 15.1. The highest BCUT2D eigenvalue weighted by atomic mass is 19.1. The van der Waals surface area contributed by atoms with Crippen LogP contribution in [0.15, 0.2) is 23.4 Å². The summed E-state index contributed by atoms with van der Waals surface area (Å²) in [5.41, 5.74) is 6.85. The Bertz CT molecular complexity index is 506. The highest BCUT2D eigenvalue weighted by Crippen LogP contribution is 2.15. The fourth-order valence-corrected chi connectivity index (χ4v) is 2.77. The van der Waals surface area contributed by atoms with Crippen molar-refractivity contribution in [3.63, 3.8) is 0 Å². The number of nitrogens with one attached hydrogen (secondary N) is 1. The normalized spacial score (nSPS) is 20.7. The maximum absolute atomic E-state index is 13.3. The summed E-state index contributed by atoms with van der Waals surface area (Å²) in [6, 6.07) is 4.88. The van der Waals surface area contributed by atoms with Crippen LogP contribution in [-0.4, -0.2) is 42.1 Å². The lowest BCUT2D eigenvalue weighted by atomic mass is 10.0. The number of oxime groups is 1. The van der Waals surface area contributed by atoms with Crippen LogP contribution in [0.3, 0.4) is 0 Å². The summed E-state index contributed by atoms with van der Waals surface area (Å²) in [4.78, 5) is 2.37. The molecule has 4 N–H and O–H groups in total. The average molecular weight is 294 g/mol. The molecule has 6 heteroatoms. The summed E-state index contributed by atoms with van der Waals surface area (Å²) < 4.78 is 13.3. The van der Waals surface area contributed by atoms with E-state index in [0.717, 1.165) is 18.7 Å². The van der Waals surface area contributed by atoms with Crippen LogP contribution in [0.1, 0.15) is 30.4 Å². The van der Waals surface area contributed by atoms with Gasteiger partial charge in [-0.25, -0.2) is 4.39 Å². The lowest BCUT2D eigenvalue weighted by Gasteiger charge is -2.32. The molecule has 0 bridgehead atoms. The van der Waals surface area contributed by atoms with Crippen molar-refractivity contribution in [2.45, 2.75) is 31.8 Å². The molecule has 0 aliphatic carbocycles. The maximum atomic E-state index is 13.3. The van der Waals surface area contributed by atoms with E-state index in [1.54, 1.807) is 6.07 Å². The number of benzene rings is 1. The number of hydrogen-bond donors (Lipinski definition) is 3. The highest BCUT2D eigenvalue weighted by Gasteiger charge is 2.18. The SMILES string of the molecule is CN1CCCCC1CNCc1ccc(F)cc1C(N)=NO. The predicted octanol–water partition coefficient (Wildman–Crippen LogP) is 1.49. The Kier molecular flexibility index (Phi) is 5.52. The molecule has 0 aromatic heterocycles. The minimum Gasteiger partial charge on any atom is -0.409 e. The summed E-state index contributed by atoms with van der Waals surface area (Å²) in [7, 11) is 2.14. The van der Waals surface area contributed by atoms with Gasteiger partial charge < -0.3 is 21.2 Å². The average Bonchev–Trinajstić information content (AvgIpc) is 2.49. The summed E-state index contributed by atoms with van der Waals surface area (Å²) in [6.45, 7) is 2.58. The third-order valence-corrected chi connectivity index (χ3v) is 4.07. The largest absolute Gasteiger partial charge is 0.409 e. The molecule has 1 aliphatic heterocycles. The maximum Gasteiger partial charge on any atom is 0.170 e. The second-order valence-electron chi connectivity index (χ2n) is 5.55. The first kappa shape index (κ1) is 15.7. The van der Waals surface area contributed by atoms with Crippen LogP contribution in [-0.2, 0) is 6.54 Å². The lowest BCUT2D eigenvalue weighted by molar-refractivity contribution is 0.181. The molecule has 5 nitrogen and oxygen atoms in total. The summed E-state index contributed by atoms with van der Waals surface area (Å²) in [5.74, 6) is -0.464. The zero-order valence-electron chi connectivity index (χ0n) is 12.3. The number of nitrogens with two attached hydrogens (primary N) is 1. The van der Waals surface area contributed by atoms with Crippen molar-refractivity contribution >= 4 is 5.84 Å². The molecular weight excluding hydrogens is 271 g/mol. The molecule has 1 aromatic rings. The lowest BCUT2D eigenvalue weighted by Crippen LogP contribution is -2.43. The van der Waals surface area contributed by atoms with Gasteiger partial charge in [0.2, 0.25) is 0 Å². The van der Waals surface area contributed by atoms with Crippen molar-refractivity contribution in [3.8, 4) is 0 Å². The molecular formula is C15H23FN4O. The summed E-state index contributed by atoms with van der Waals surface area (Å²) in [6.07, 6.45) is 3.72. The van der Waals surface area contributed by atoms with Crippen molar-refractivity contribution in [1.82, 2.24) is 10.2 Å².